The highest BCUT2D eigenvalue weighted by Crippen LogP contribution is 2.12. The zero-order chi connectivity index (χ0) is 17.0. The summed E-state index contributed by atoms with van der Waals surface area (Å²) < 4.78 is 10.2. The Bertz CT molecular complexity index is 264. The average Bonchev–Trinajstić information content (AvgIpc) is 2.57. The Hall–Kier alpha value is -0.830. The van der Waals surface area contributed by atoms with Crippen LogP contribution >= 0.6 is 0 Å². The highest BCUT2D eigenvalue weighted by molar-refractivity contribution is 5.36. The molecule has 1 atom stereocenters. The fourth-order valence-electron chi connectivity index (χ4n) is 2.70. The van der Waals surface area contributed by atoms with Crippen LogP contribution in [0, 0.1) is 0 Å². The average molecular weight is 327 g/mol. The molecule has 0 aromatic heterocycles. The monoisotopic (exact) mass is 326 g/mol. The summed E-state index contributed by atoms with van der Waals surface area (Å²) in [6.45, 7) is 3.36. The Balaban J connectivity index is 3.35. The summed E-state index contributed by atoms with van der Waals surface area (Å²) in [6.07, 6.45) is 21.0. The summed E-state index contributed by atoms with van der Waals surface area (Å²) in [4.78, 5) is 9.97. The van der Waals surface area contributed by atoms with E-state index in [1.54, 1.807) is 0 Å². The largest absolute Gasteiger partial charge is 0.468 e. The predicted molar refractivity (Wildman–Crippen MR) is 97.6 cm³/mol. The van der Waals surface area contributed by atoms with Crippen molar-refractivity contribution in [3.8, 4) is 0 Å². The van der Waals surface area contributed by atoms with Gasteiger partial charge < -0.3 is 9.47 Å². The predicted octanol–water partition coefficient (Wildman–Crippen LogP) is 5.82. The van der Waals surface area contributed by atoms with Crippen LogP contribution in [-0.2, 0) is 14.3 Å². The minimum atomic E-state index is 0.400. The third-order valence-corrected chi connectivity index (χ3v) is 4.23. The standard InChI is InChI=1S/C20H38O3/c1-3-4-5-13-16-20(22-2)17-14-11-9-7-6-8-10-12-15-18-23-19-21/h11,14,19-20H,3-10,12-13,15-18H2,1-2H3/b14-11-. The van der Waals surface area contributed by atoms with Crippen LogP contribution in [0.5, 0.6) is 0 Å². The molecule has 0 bridgehead atoms. The summed E-state index contributed by atoms with van der Waals surface area (Å²) in [7, 11) is 1.83. The van der Waals surface area contributed by atoms with Gasteiger partial charge in [-0.05, 0) is 32.1 Å². The minimum absolute atomic E-state index is 0.400. The molecule has 23 heavy (non-hydrogen) atoms. The van der Waals surface area contributed by atoms with Crippen molar-refractivity contribution < 1.29 is 14.3 Å². The van der Waals surface area contributed by atoms with Crippen molar-refractivity contribution in [2.75, 3.05) is 13.7 Å². The van der Waals surface area contributed by atoms with Crippen LogP contribution in [0.2, 0.25) is 0 Å². The quantitative estimate of drug-likeness (QED) is 0.181. The number of ether oxygens (including phenoxy) is 2. The van der Waals surface area contributed by atoms with Crippen molar-refractivity contribution in [1.82, 2.24) is 0 Å². The maximum atomic E-state index is 9.97. The maximum Gasteiger partial charge on any atom is 0.293 e. The van der Waals surface area contributed by atoms with Crippen LogP contribution in [0.25, 0.3) is 0 Å². The fraction of sp³-hybridized carbons (Fsp3) is 0.850. The Morgan fingerprint density at radius 3 is 2.26 bits per heavy atom. The van der Waals surface area contributed by atoms with Crippen LogP contribution in [0.4, 0.5) is 0 Å². The lowest BCUT2D eigenvalue weighted by Gasteiger charge is -2.12. The van der Waals surface area contributed by atoms with Crippen molar-refractivity contribution in [2.45, 2.75) is 96.5 Å². The van der Waals surface area contributed by atoms with Crippen molar-refractivity contribution in [3.63, 3.8) is 0 Å². The van der Waals surface area contributed by atoms with Crippen molar-refractivity contribution in [2.24, 2.45) is 0 Å². The van der Waals surface area contributed by atoms with Gasteiger partial charge in [-0.3, -0.25) is 4.79 Å². The van der Waals surface area contributed by atoms with E-state index >= 15 is 0 Å². The molecule has 3 nitrogen and oxygen atoms in total. The van der Waals surface area contributed by atoms with Crippen molar-refractivity contribution >= 4 is 6.47 Å². The van der Waals surface area contributed by atoms with E-state index in [-0.39, 0.29) is 0 Å². The van der Waals surface area contributed by atoms with Crippen LogP contribution in [0.15, 0.2) is 12.2 Å². The first-order chi connectivity index (χ1) is 11.3. The lowest BCUT2D eigenvalue weighted by atomic mass is 10.1. The number of hydrogen-bond acceptors (Lipinski definition) is 3. The molecule has 1 unspecified atom stereocenters. The minimum Gasteiger partial charge on any atom is -0.468 e. The molecule has 0 spiro atoms. The fourth-order valence-corrected chi connectivity index (χ4v) is 2.70. The molecule has 0 aliphatic heterocycles. The second kappa shape index (κ2) is 19.2. The molecule has 3 heteroatoms. The molecule has 0 saturated carbocycles. The molecule has 0 aliphatic carbocycles. The van der Waals surface area contributed by atoms with Crippen molar-refractivity contribution in [3.05, 3.63) is 12.2 Å². The summed E-state index contributed by atoms with van der Waals surface area (Å²) in [6, 6.07) is 0. The van der Waals surface area contributed by atoms with Gasteiger partial charge in [0.1, 0.15) is 0 Å². The molecular weight excluding hydrogens is 288 g/mol. The number of methoxy groups -OCH3 is 1. The van der Waals surface area contributed by atoms with Gasteiger partial charge in [0.05, 0.1) is 12.7 Å². The highest BCUT2D eigenvalue weighted by Gasteiger charge is 2.04. The summed E-state index contributed by atoms with van der Waals surface area (Å²) >= 11 is 0. The topological polar surface area (TPSA) is 35.5 Å². The van der Waals surface area contributed by atoms with Gasteiger partial charge >= 0.3 is 0 Å². The molecular formula is C20H38O3. The van der Waals surface area contributed by atoms with Gasteiger partial charge in [0.2, 0.25) is 0 Å². The molecule has 0 amide bonds. The van der Waals surface area contributed by atoms with Gasteiger partial charge in [-0.2, -0.15) is 0 Å². The number of carbonyl (C=O) groups excluding carboxylic acids is 1. The molecule has 136 valence electrons. The normalized spacial score (nSPS) is 12.6. The summed E-state index contributed by atoms with van der Waals surface area (Å²) in [5.74, 6) is 0. The van der Waals surface area contributed by atoms with E-state index in [9.17, 15) is 4.79 Å². The molecule has 0 N–H and O–H groups in total. The van der Waals surface area contributed by atoms with Gasteiger partial charge in [-0.15, -0.1) is 0 Å². The zero-order valence-corrected chi connectivity index (χ0v) is 15.4. The van der Waals surface area contributed by atoms with E-state index in [2.05, 4.69) is 23.8 Å². The van der Waals surface area contributed by atoms with Gasteiger partial charge in [-0.25, -0.2) is 0 Å². The van der Waals surface area contributed by atoms with Gasteiger partial charge in [0, 0.05) is 7.11 Å². The first-order valence-electron chi connectivity index (χ1n) is 9.58. The third kappa shape index (κ3) is 17.4. The van der Waals surface area contributed by atoms with E-state index in [0.29, 0.717) is 19.2 Å². The Kier molecular flexibility index (Phi) is 18.5. The summed E-state index contributed by atoms with van der Waals surface area (Å²) in [5, 5.41) is 0. The zero-order valence-electron chi connectivity index (χ0n) is 15.4. The molecule has 0 radical (unpaired) electrons. The molecule has 0 heterocycles. The van der Waals surface area contributed by atoms with Gasteiger partial charge in [-0.1, -0.05) is 70.4 Å². The van der Waals surface area contributed by atoms with Gasteiger partial charge in [0.15, 0.2) is 0 Å². The molecule has 0 rings (SSSR count). The van der Waals surface area contributed by atoms with E-state index in [4.69, 9.17) is 4.74 Å². The van der Waals surface area contributed by atoms with Crippen LogP contribution in [0.3, 0.4) is 0 Å². The van der Waals surface area contributed by atoms with Gasteiger partial charge in [0.25, 0.3) is 6.47 Å². The number of unbranched alkanes of at least 4 members (excludes halogenated alkanes) is 9. The Morgan fingerprint density at radius 2 is 1.57 bits per heavy atom. The van der Waals surface area contributed by atoms with E-state index in [1.165, 1.54) is 64.2 Å². The molecule has 0 fully saturated rings. The second-order valence-corrected chi connectivity index (χ2v) is 6.29. The lowest BCUT2D eigenvalue weighted by Crippen LogP contribution is -2.08. The first-order valence-corrected chi connectivity index (χ1v) is 9.58. The lowest BCUT2D eigenvalue weighted by molar-refractivity contribution is -0.128. The molecule has 0 aliphatic rings. The number of carbonyl (C=O) groups is 1. The Morgan fingerprint density at radius 1 is 0.870 bits per heavy atom. The molecule has 0 saturated heterocycles. The Labute approximate surface area is 143 Å². The second-order valence-electron chi connectivity index (χ2n) is 6.29. The SMILES string of the molecule is CCCCCCC(C/C=C\CCCCCCCCOC=O)OC. The molecule has 0 aromatic carbocycles. The number of hydrogen-bond donors (Lipinski definition) is 0. The maximum absolute atomic E-state index is 9.97. The van der Waals surface area contributed by atoms with E-state index in [1.807, 2.05) is 7.11 Å². The van der Waals surface area contributed by atoms with Crippen LogP contribution < -0.4 is 0 Å². The first kappa shape index (κ1) is 22.2. The number of allylic oxidation sites excluding steroid dienone is 1. The van der Waals surface area contributed by atoms with Crippen molar-refractivity contribution in [1.29, 1.82) is 0 Å². The third-order valence-electron chi connectivity index (χ3n) is 4.23. The smallest absolute Gasteiger partial charge is 0.293 e. The van der Waals surface area contributed by atoms with E-state index < -0.39 is 0 Å². The van der Waals surface area contributed by atoms with Crippen LogP contribution in [-0.4, -0.2) is 26.3 Å². The van der Waals surface area contributed by atoms with Crippen LogP contribution in [0.1, 0.15) is 90.4 Å². The number of rotatable bonds is 18. The summed E-state index contributed by atoms with van der Waals surface area (Å²) in [5.41, 5.74) is 0. The molecule has 0 aromatic rings. The van der Waals surface area contributed by atoms with E-state index in [0.717, 1.165) is 19.3 Å². The highest BCUT2D eigenvalue weighted by atomic mass is 16.5.